The van der Waals surface area contributed by atoms with Gasteiger partial charge in [0.15, 0.2) is 17.2 Å². The van der Waals surface area contributed by atoms with Gasteiger partial charge in [-0.2, -0.15) is 0 Å². The van der Waals surface area contributed by atoms with Gasteiger partial charge in [0.05, 0.1) is 32.8 Å². The van der Waals surface area contributed by atoms with Crippen molar-refractivity contribution in [1.29, 1.82) is 0 Å². The monoisotopic (exact) mass is 514 g/mol. The highest BCUT2D eigenvalue weighted by atomic mass is 79.9. The van der Waals surface area contributed by atoms with Gasteiger partial charge in [0.2, 0.25) is 5.88 Å². The molecule has 1 saturated heterocycles. The molecule has 1 aromatic heterocycles. The first-order valence-corrected chi connectivity index (χ1v) is 11.7. The number of hydrogen-bond donors (Lipinski definition) is 1. The van der Waals surface area contributed by atoms with Crippen molar-refractivity contribution in [3.8, 4) is 17.4 Å². The minimum absolute atomic E-state index is 0.0105. The molecule has 1 aliphatic rings. The third-order valence-corrected chi connectivity index (χ3v) is 6.32. The fraction of sp³-hybridized carbons (Fsp3) is 0.375. The van der Waals surface area contributed by atoms with E-state index in [1.165, 1.54) is 6.42 Å². The van der Waals surface area contributed by atoms with E-state index in [0.717, 1.165) is 46.9 Å². The van der Waals surface area contributed by atoms with E-state index in [1.807, 2.05) is 22.8 Å². The first-order valence-electron chi connectivity index (χ1n) is 10.9. The molecule has 0 saturated carbocycles. The highest BCUT2D eigenvalue weighted by molar-refractivity contribution is 9.10. The molecule has 2 aromatic carbocycles. The number of benzene rings is 2. The Bertz CT molecular complexity index is 1180. The van der Waals surface area contributed by atoms with Crippen LogP contribution in [0, 0.1) is 0 Å². The van der Waals surface area contributed by atoms with Crippen LogP contribution < -0.4 is 9.47 Å². The molecule has 2 heterocycles. The molecule has 1 fully saturated rings. The predicted molar refractivity (Wildman–Crippen MR) is 129 cm³/mol. The van der Waals surface area contributed by atoms with Gasteiger partial charge in [0.25, 0.3) is 5.91 Å². The summed E-state index contributed by atoms with van der Waals surface area (Å²) in [6, 6.07) is 11.0. The van der Waals surface area contributed by atoms with Gasteiger partial charge >= 0.3 is 0 Å². The normalized spacial score (nSPS) is 14.8. The number of aromatic hydroxyl groups is 1. The Hall–Kier alpha value is -2.91. The van der Waals surface area contributed by atoms with Crippen molar-refractivity contribution in [2.45, 2.75) is 32.4 Å². The average Bonchev–Trinajstić information content (AvgIpc) is 3.08. The summed E-state index contributed by atoms with van der Waals surface area (Å²) in [5.41, 5.74) is 1.88. The summed E-state index contributed by atoms with van der Waals surface area (Å²) in [4.78, 5) is 14.9. The summed E-state index contributed by atoms with van der Waals surface area (Å²) in [6.07, 6.45) is 3.61. The summed E-state index contributed by atoms with van der Waals surface area (Å²) in [5, 5.41) is 19.8. The zero-order valence-electron chi connectivity index (χ0n) is 18.8. The van der Waals surface area contributed by atoms with Gasteiger partial charge < -0.3 is 14.6 Å². The zero-order chi connectivity index (χ0) is 23.4. The molecule has 0 aliphatic carbocycles. The Morgan fingerprint density at radius 3 is 2.55 bits per heavy atom. The fourth-order valence-corrected chi connectivity index (χ4v) is 4.51. The Morgan fingerprint density at radius 2 is 1.82 bits per heavy atom. The van der Waals surface area contributed by atoms with Crippen LogP contribution >= 0.6 is 15.9 Å². The van der Waals surface area contributed by atoms with Crippen molar-refractivity contribution < 1.29 is 19.4 Å². The number of rotatable bonds is 7. The summed E-state index contributed by atoms with van der Waals surface area (Å²) < 4.78 is 13.2. The van der Waals surface area contributed by atoms with Crippen LogP contribution in [0.25, 0.3) is 10.9 Å². The van der Waals surface area contributed by atoms with Crippen LogP contribution in [0.5, 0.6) is 17.4 Å². The lowest BCUT2D eigenvalue weighted by Crippen LogP contribution is -2.31. The lowest BCUT2D eigenvalue weighted by Gasteiger charge is -2.27. The van der Waals surface area contributed by atoms with Crippen molar-refractivity contribution in [2.75, 3.05) is 27.3 Å². The molecule has 3 aromatic rings. The van der Waals surface area contributed by atoms with Crippen molar-refractivity contribution in [2.24, 2.45) is 10.2 Å². The molecule has 1 N–H and O–H groups in total. The van der Waals surface area contributed by atoms with Crippen LogP contribution in [0.1, 0.15) is 24.8 Å². The van der Waals surface area contributed by atoms with Crippen molar-refractivity contribution in [3.05, 3.63) is 46.4 Å². The summed E-state index contributed by atoms with van der Waals surface area (Å²) in [6.45, 7) is 2.56. The zero-order valence-corrected chi connectivity index (χ0v) is 20.3. The number of methoxy groups -OCH3 is 2. The number of fused-ring (bicyclic) bond motifs is 1. The maximum absolute atomic E-state index is 12.5. The fourth-order valence-electron chi connectivity index (χ4n) is 4.14. The molecule has 9 heteroatoms. The number of carbonyl (C=O) groups is 1. The molecule has 0 bridgehead atoms. The van der Waals surface area contributed by atoms with Crippen LogP contribution in [0.4, 0.5) is 5.69 Å². The first-order chi connectivity index (χ1) is 16.0. The Labute approximate surface area is 200 Å². The van der Waals surface area contributed by atoms with Gasteiger partial charge in [-0.05, 0) is 61.8 Å². The molecular formula is C24H27BrN4O4. The molecular weight excluding hydrogens is 488 g/mol. The van der Waals surface area contributed by atoms with Gasteiger partial charge in [-0.3, -0.25) is 14.3 Å². The number of hydrogen-bond acceptors (Lipinski definition) is 6. The minimum Gasteiger partial charge on any atom is -0.493 e. The molecule has 174 valence electrons. The van der Waals surface area contributed by atoms with Crippen LogP contribution in [-0.4, -0.2) is 47.8 Å². The molecule has 8 nitrogen and oxygen atoms in total. The Morgan fingerprint density at radius 1 is 1.06 bits per heavy atom. The predicted octanol–water partition coefficient (Wildman–Crippen LogP) is 5.42. The van der Waals surface area contributed by atoms with E-state index in [2.05, 4.69) is 31.1 Å². The lowest BCUT2D eigenvalue weighted by atomic mass is 10.1. The van der Waals surface area contributed by atoms with Crippen molar-refractivity contribution in [1.82, 2.24) is 9.47 Å². The second-order valence-electron chi connectivity index (χ2n) is 8.04. The molecule has 0 radical (unpaired) electrons. The number of likely N-dealkylation sites (tertiary alicyclic amines) is 1. The van der Waals surface area contributed by atoms with Crippen LogP contribution in [0.3, 0.4) is 0 Å². The van der Waals surface area contributed by atoms with Gasteiger partial charge in [0.1, 0.15) is 0 Å². The van der Waals surface area contributed by atoms with Crippen LogP contribution in [-0.2, 0) is 17.9 Å². The van der Waals surface area contributed by atoms with Crippen LogP contribution in [0.15, 0.2) is 51.1 Å². The SMILES string of the molecule is COc1ccc(CC(=O)N=Nc2c(O)n(CN3CCCCC3)c3ccc(Br)cc23)cc1OC. The number of ether oxygens (including phenoxy) is 2. The van der Waals surface area contributed by atoms with Gasteiger partial charge in [-0.1, -0.05) is 28.4 Å². The second kappa shape index (κ2) is 10.4. The molecule has 0 atom stereocenters. The number of amides is 1. The number of nitrogens with zero attached hydrogens (tertiary/aromatic N) is 4. The van der Waals surface area contributed by atoms with Gasteiger partial charge in [-0.15, -0.1) is 10.2 Å². The van der Waals surface area contributed by atoms with Crippen molar-refractivity contribution >= 4 is 38.4 Å². The number of carbonyl (C=O) groups excluding carboxylic acids is 1. The quantitative estimate of drug-likeness (QED) is 0.425. The number of piperidine rings is 1. The number of aromatic nitrogens is 1. The molecule has 33 heavy (non-hydrogen) atoms. The van der Waals surface area contributed by atoms with E-state index >= 15 is 0 Å². The Kier molecular flexibility index (Phi) is 7.29. The topological polar surface area (TPSA) is 88.7 Å². The summed E-state index contributed by atoms with van der Waals surface area (Å²) >= 11 is 3.49. The maximum Gasteiger partial charge on any atom is 0.269 e. The molecule has 0 unspecified atom stereocenters. The van der Waals surface area contributed by atoms with E-state index in [-0.39, 0.29) is 12.3 Å². The largest absolute Gasteiger partial charge is 0.493 e. The van der Waals surface area contributed by atoms with Crippen LogP contribution in [0.2, 0.25) is 0 Å². The lowest BCUT2D eigenvalue weighted by molar-refractivity contribution is -0.117. The van der Waals surface area contributed by atoms with E-state index < -0.39 is 5.91 Å². The van der Waals surface area contributed by atoms with E-state index in [9.17, 15) is 9.90 Å². The Balaban J connectivity index is 1.59. The molecule has 1 aliphatic heterocycles. The minimum atomic E-state index is -0.423. The number of azo groups is 1. The van der Waals surface area contributed by atoms with E-state index in [0.29, 0.717) is 23.9 Å². The standard InChI is InChI=1S/C24H27BrN4O4/c1-32-20-9-6-16(12-21(20)33-2)13-22(30)26-27-23-18-14-17(25)7-8-19(18)29(24(23)31)15-28-10-4-3-5-11-28/h6-9,12,14,31H,3-5,10-11,13,15H2,1-2H3. The maximum atomic E-state index is 12.5. The molecule has 4 rings (SSSR count). The first kappa shape index (κ1) is 23.3. The molecule has 1 amide bonds. The second-order valence-corrected chi connectivity index (χ2v) is 8.96. The third-order valence-electron chi connectivity index (χ3n) is 5.83. The third kappa shape index (κ3) is 5.20. The highest BCUT2D eigenvalue weighted by Gasteiger charge is 2.20. The molecule has 0 spiro atoms. The van der Waals surface area contributed by atoms with Crippen molar-refractivity contribution in [3.63, 3.8) is 0 Å². The summed E-state index contributed by atoms with van der Waals surface area (Å²) in [5.74, 6) is 0.722. The summed E-state index contributed by atoms with van der Waals surface area (Å²) in [7, 11) is 3.10. The van der Waals surface area contributed by atoms with E-state index in [1.54, 1.807) is 32.4 Å². The number of halogens is 1. The van der Waals surface area contributed by atoms with E-state index in [4.69, 9.17) is 9.47 Å². The van der Waals surface area contributed by atoms with Gasteiger partial charge in [0, 0.05) is 9.86 Å². The smallest absolute Gasteiger partial charge is 0.269 e. The average molecular weight is 515 g/mol. The van der Waals surface area contributed by atoms with Gasteiger partial charge in [-0.25, -0.2) is 0 Å². The highest BCUT2D eigenvalue weighted by Crippen LogP contribution is 2.40.